The molecule has 0 aliphatic carbocycles. The Labute approximate surface area is 79.3 Å². The fourth-order valence-corrected chi connectivity index (χ4v) is 1.12. The van der Waals surface area contributed by atoms with Gasteiger partial charge in [0.2, 0.25) is 0 Å². The molecule has 0 bridgehead atoms. The Kier molecular flexibility index (Phi) is 5.86. The molecule has 0 radical (unpaired) electrons. The summed E-state index contributed by atoms with van der Waals surface area (Å²) >= 11 is 0. The number of rotatable bonds is 7. The topological polar surface area (TPSA) is 134 Å². The predicted octanol–water partition coefficient (Wildman–Crippen LogP) is -1.44. The van der Waals surface area contributed by atoms with Crippen molar-refractivity contribution in [2.45, 2.75) is 6.10 Å². The lowest BCUT2D eigenvalue weighted by Gasteiger charge is -2.12. The van der Waals surface area contributed by atoms with Crippen molar-refractivity contribution >= 4 is 13.8 Å². The molecule has 0 aromatic rings. The minimum atomic E-state index is -4.47. The van der Waals surface area contributed by atoms with Crippen molar-refractivity contribution in [3.63, 3.8) is 0 Å². The van der Waals surface area contributed by atoms with Gasteiger partial charge in [-0.1, -0.05) is 0 Å². The first-order chi connectivity index (χ1) is 6.37. The third kappa shape index (κ3) is 6.96. The van der Waals surface area contributed by atoms with Gasteiger partial charge in [-0.05, 0) is 0 Å². The second-order valence-corrected chi connectivity index (χ2v) is 3.72. The molecule has 84 valence electrons. The van der Waals surface area contributed by atoms with Crippen LogP contribution >= 0.6 is 7.82 Å². The normalized spacial score (nSPS) is 17.4. The number of aliphatic hydroxyl groups is 2. The maximum Gasteiger partial charge on any atom is 0.472 e. The molecule has 0 rings (SSSR count). The summed E-state index contributed by atoms with van der Waals surface area (Å²) in [5.74, 6) is -1.43. The standard InChI is InChI=1S/C5H11O8P/c6-1-4(7)2-12-14(10,11)13-3-5(8)9/h4,6-7H,1-3H2,(H,8,9)(H,10,11). The van der Waals surface area contributed by atoms with Gasteiger partial charge >= 0.3 is 13.8 Å². The van der Waals surface area contributed by atoms with E-state index in [9.17, 15) is 9.36 Å². The number of aliphatic carboxylic acids is 1. The van der Waals surface area contributed by atoms with Gasteiger partial charge in [-0.25, -0.2) is 9.36 Å². The lowest BCUT2D eigenvalue weighted by Crippen LogP contribution is -2.19. The van der Waals surface area contributed by atoms with Crippen LogP contribution in [0, 0.1) is 0 Å². The van der Waals surface area contributed by atoms with Crippen molar-refractivity contribution in [1.29, 1.82) is 0 Å². The first kappa shape index (κ1) is 13.5. The van der Waals surface area contributed by atoms with Gasteiger partial charge in [-0.2, -0.15) is 0 Å². The van der Waals surface area contributed by atoms with Crippen LogP contribution in [-0.4, -0.2) is 52.1 Å². The Morgan fingerprint density at radius 2 is 2.00 bits per heavy atom. The molecule has 4 N–H and O–H groups in total. The van der Waals surface area contributed by atoms with Gasteiger partial charge in [-0.3, -0.25) is 9.05 Å². The van der Waals surface area contributed by atoms with E-state index < -0.39 is 39.7 Å². The van der Waals surface area contributed by atoms with E-state index in [1.54, 1.807) is 0 Å². The summed E-state index contributed by atoms with van der Waals surface area (Å²) in [6, 6.07) is 0. The fraction of sp³-hybridized carbons (Fsp3) is 0.800. The van der Waals surface area contributed by atoms with E-state index >= 15 is 0 Å². The Hall–Kier alpha value is -0.500. The van der Waals surface area contributed by atoms with Gasteiger partial charge in [0, 0.05) is 0 Å². The molecule has 9 heteroatoms. The van der Waals surface area contributed by atoms with Crippen LogP contribution in [0.25, 0.3) is 0 Å². The largest absolute Gasteiger partial charge is 0.480 e. The molecule has 2 unspecified atom stereocenters. The third-order valence-electron chi connectivity index (χ3n) is 0.992. The van der Waals surface area contributed by atoms with E-state index in [0.717, 1.165) is 0 Å². The van der Waals surface area contributed by atoms with Crippen molar-refractivity contribution in [2.24, 2.45) is 0 Å². The van der Waals surface area contributed by atoms with Crippen LogP contribution in [0.2, 0.25) is 0 Å². The molecule has 14 heavy (non-hydrogen) atoms. The van der Waals surface area contributed by atoms with Gasteiger partial charge < -0.3 is 20.2 Å². The smallest absolute Gasteiger partial charge is 0.472 e. The van der Waals surface area contributed by atoms with E-state index in [4.69, 9.17) is 20.2 Å². The van der Waals surface area contributed by atoms with Crippen LogP contribution in [0.15, 0.2) is 0 Å². The van der Waals surface area contributed by atoms with Crippen LogP contribution in [-0.2, 0) is 18.4 Å². The fourth-order valence-electron chi connectivity index (χ4n) is 0.407. The molecule has 0 fully saturated rings. The molecular weight excluding hydrogens is 219 g/mol. The minimum absolute atomic E-state index is 0.621. The molecule has 8 nitrogen and oxygen atoms in total. The molecule has 2 atom stereocenters. The zero-order valence-electron chi connectivity index (χ0n) is 7.07. The summed E-state index contributed by atoms with van der Waals surface area (Å²) in [6.45, 7) is -2.24. The van der Waals surface area contributed by atoms with Crippen LogP contribution in [0.4, 0.5) is 0 Å². The number of phosphoric acid groups is 1. The molecule has 0 saturated heterocycles. The highest BCUT2D eigenvalue weighted by atomic mass is 31.2. The summed E-state index contributed by atoms with van der Waals surface area (Å²) in [5.41, 5.74) is 0. The highest BCUT2D eigenvalue weighted by Crippen LogP contribution is 2.42. The third-order valence-corrected chi connectivity index (χ3v) is 1.92. The zero-order valence-corrected chi connectivity index (χ0v) is 7.96. The maximum absolute atomic E-state index is 10.8. The quantitative estimate of drug-likeness (QED) is 0.390. The van der Waals surface area contributed by atoms with E-state index in [1.165, 1.54) is 0 Å². The van der Waals surface area contributed by atoms with Gasteiger partial charge in [0.25, 0.3) is 0 Å². The molecular formula is C5H11O8P. The highest BCUT2D eigenvalue weighted by Gasteiger charge is 2.23. The average molecular weight is 230 g/mol. The predicted molar refractivity (Wildman–Crippen MR) is 42.5 cm³/mol. The van der Waals surface area contributed by atoms with Crippen molar-refractivity contribution in [1.82, 2.24) is 0 Å². The lowest BCUT2D eigenvalue weighted by molar-refractivity contribution is -0.140. The molecule has 0 aromatic heterocycles. The number of hydrogen-bond acceptors (Lipinski definition) is 6. The van der Waals surface area contributed by atoms with Crippen LogP contribution in [0.1, 0.15) is 0 Å². The molecule has 0 aromatic carbocycles. The van der Waals surface area contributed by atoms with Crippen molar-refractivity contribution in [3.05, 3.63) is 0 Å². The summed E-state index contributed by atoms with van der Waals surface area (Å²) in [7, 11) is -4.47. The summed E-state index contributed by atoms with van der Waals surface area (Å²) in [4.78, 5) is 18.7. The zero-order chi connectivity index (χ0) is 11.2. The Morgan fingerprint density at radius 1 is 1.43 bits per heavy atom. The van der Waals surface area contributed by atoms with Crippen molar-refractivity contribution in [3.8, 4) is 0 Å². The minimum Gasteiger partial charge on any atom is -0.480 e. The summed E-state index contributed by atoms with van der Waals surface area (Å²) < 4.78 is 18.9. The molecule has 0 heterocycles. The monoisotopic (exact) mass is 230 g/mol. The van der Waals surface area contributed by atoms with Gasteiger partial charge in [0.05, 0.1) is 13.2 Å². The Balaban J connectivity index is 3.83. The second kappa shape index (κ2) is 6.07. The number of aliphatic hydroxyl groups excluding tert-OH is 2. The summed E-state index contributed by atoms with van der Waals surface area (Å²) in [5, 5.41) is 25.1. The van der Waals surface area contributed by atoms with E-state index in [0.29, 0.717) is 0 Å². The van der Waals surface area contributed by atoms with Crippen molar-refractivity contribution in [2.75, 3.05) is 19.8 Å². The van der Waals surface area contributed by atoms with Crippen LogP contribution in [0.3, 0.4) is 0 Å². The van der Waals surface area contributed by atoms with E-state index in [2.05, 4.69) is 9.05 Å². The van der Waals surface area contributed by atoms with Gasteiger partial charge in [-0.15, -0.1) is 0 Å². The SMILES string of the molecule is O=C(O)COP(=O)(O)OCC(O)CO. The molecule has 0 spiro atoms. The summed E-state index contributed by atoms with van der Waals surface area (Å²) in [6.07, 6.45) is -1.32. The van der Waals surface area contributed by atoms with E-state index in [1.807, 2.05) is 0 Å². The second-order valence-electron chi connectivity index (χ2n) is 2.27. The maximum atomic E-state index is 10.8. The average Bonchev–Trinajstić information content (AvgIpc) is 2.11. The van der Waals surface area contributed by atoms with Crippen molar-refractivity contribution < 1.29 is 38.6 Å². The van der Waals surface area contributed by atoms with Gasteiger partial charge in [0.15, 0.2) is 6.61 Å². The highest BCUT2D eigenvalue weighted by molar-refractivity contribution is 7.47. The number of phosphoric ester groups is 1. The molecule has 0 aliphatic heterocycles. The number of carboxylic acid groups (broad SMARTS) is 1. The first-order valence-electron chi connectivity index (χ1n) is 3.50. The Morgan fingerprint density at radius 3 is 2.43 bits per heavy atom. The first-order valence-corrected chi connectivity index (χ1v) is 4.99. The van der Waals surface area contributed by atoms with E-state index in [-0.39, 0.29) is 0 Å². The number of carboxylic acids is 1. The number of hydrogen-bond donors (Lipinski definition) is 4. The Bertz CT molecular complexity index is 228. The van der Waals surface area contributed by atoms with Gasteiger partial charge in [0.1, 0.15) is 6.10 Å². The molecule has 0 amide bonds. The van der Waals surface area contributed by atoms with Crippen LogP contribution in [0.5, 0.6) is 0 Å². The van der Waals surface area contributed by atoms with Crippen LogP contribution < -0.4 is 0 Å². The number of carbonyl (C=O) groups is 1. The lowest BCUT2D eigenvalue weighted by atomic mass is 10.4. The molecule has 0 saturated carbocycles. The molecule has 0 aliphatic rings.